The second kappa shape index (κ2) is 18.6. The van der Waals surface area contributed by atoms with Gasteiger partial charge in [0.1, 0.15) is 23.0 Å². The highest BCUT2D eigenvalue weighted by atomic mass is 33.1. The smallest absolute Gasteiger partial charge is 0.315 e. The zero-order valence-electron chi connectivity index (χ0n) is 32.3. The van der Waals surface area contributed by atoms with Gasteiger partial charge in [-0.2, -0.15) is 19.6 Å². The first-order valence-electron chi connectivity index (χ1n) is 17.8. The number of carbonyl (C=O) groups excluding carboxylic acids is 2. The van der Waals surface area contributed by atoms with E-state index >= 15 is 0 Å². The van der Waals surface area contributed by atoms with Crippen molar-refractivity contribution in [1.82, 2.24) is 19.6 Å². The number of hydrogen-bond donors (Lipinski definition) is 0. The van der Waals surface area contributed by atoms with E-state index in [1.54, 1.807) is 98.8 Å². The van der Waals surface area contributed by atoms with Crippen LogP contribution in [0.3, 0.4) is 0 Å². The summed E-state index contributed by atoms with van der Waals surface area (Å²) in [7, 11) is 8.16. The molecule has 6 rings (SSSR count). The van der Waals surface area contributed by atoms with Crippen LogP contribution in [0.4, 0.5) is 0 Å². The maximum absolute atomic E-state index is 14.1. The Labute approximate surface area is 341 Å². The maximum Gasteiger partial charge on any atom is 0.315 e. The molecule has 0 saturated carbocycles. The number of nitrogens with zero attached hydrogens (tertiary/aromatic N) is 4. The molecule has 0 N–H and O–H groups in total. The Morgan fingerprint density at radius 2 is 0.948 bits per heavy atom. The van der Waals surface area contributed by atoms with Crippen LogP contribution in [0.25, 0.3) is 11.4 Å². The van der Waals surface area contributed by atoms with E-state index in [9.17, 15) is 19.2 Å². The molecule has 6 aromatic rings. The lowest BCUT2D eigenvalue weighted by Crippen LogP contribution is -2.25. The minimum Gasteiger partial charge on any atom is -0.497 e. The van der Waals surface area contributed by atoms with Gasteiger partial charge in [-0.15, -0.1) is 0 Å². The molecule has 14 nitrogen and oxygen atoms in total. The predicted octanol–water partition coefficient (Wildman–Crippen LogP) is 6.87. The molecule has 0 spiro atoms. The third-order valence-corrected chi connectivity index (χ3v) is 11.0. The van der Waals surface area contributed by atoms with E-state index in [2.05, 4.69) is 10.2 Å². The molecule has 2 heterocycles. The van der Waals surface area contributed by atoms with Crippen molar-refractivity contribution in [2.75, 3.05) is 41.7 Å². The molecular formula is C42H38N4O10S2. The monoisotopic (exact) mass is 822 g/mol. The summed E-state index contributed by atoms with van der Waals surface area (Å²) in [6.45, 7) is 3.79. The first kappa shape index (κ1) is 41.1. The highest BCUT2D eigenvalue weighted by molar-refractivity contribution is 8.76. The third kappa shape index (κ3) is 8.28. The van der Waals surface area contributed by atoms with Gasteiger partial charge in [0.15, 0.2) is 11.6 Å². The van der Waals surface area contributed by atoms with Crippen LogP contribution in [-0.4, -0.2) is 72.8 Å². The van der Waals surface area contributed by atoms with Crippen LogP contribution in [0.2, 0.25) is 0 Å². The lowest BCUT2D eigenvalue weighted by molar-refractivity contribution is 0.102. The first-order valence-corrected chi connectivity index (χ1v) is 19.9. The average Bonchev–Trinajstić information content (AvgIpc) is 3.26. The van der Waals surface area contributed by atoms with Gasteiger partial charge in [-0.05, 0) is 84.0 Å². The lowest BCUT2D eigenvalue weighted by Gasteiger charge is -2.16. The molecule has 0 amide bonds. The van der Waals surface area contributed by atoms with Crippen molar-refractivity contribution in [3.8, 4) is 45.9 Å². The largest absolute Gasteiger partial charge is 0.497 e. The van der Waals surface area contributed by atoms with Gasteiger partial charge in [-0.1, -0.05) is 24.3 Å². The van der Waals surface area contributed by atoms with Crippen molar-refractivity contribution in [3.63, 3.8) is 0 Å². The number of ether oxygens (including phenoxy) is 6. The van der Waals surface area contributed by atoms with E-state index in [0.29, 0.717) is 32.8 Å². The van der Waals surface area contributed by atoms with Crippen molar-refractivity contribution in [2.45, 2.75) is 23.6 Å². The minimum atomic E-state index is -0.609. The number of rotatable bonds is 17. The van der Waals surface area contributed by atoms with Gasteiger partial charge >= 0.3 is 11.1 Å². The molecule has 0 aliphatic heterocycles. The SMILES string of the molecule is CCOc1c(SSc2cnn(-c3ccccc3C(=O)c3ccc(OC)cc3OC)c(=O)c2OCC)cnn(-c2ccccc2C(=O)c2ccc(OC)cc2OC)c1=O. The van der Waals surface area contributed by atoms with Gasteiger partial charge in [0, 0.05) is 23.3 Å². The molecule has 0 saturated heterocycles. The Balaban J connectivity index is 1.33. The van der Waals surface area contributed by atoms with E-state index in [1.807, 2.05) is 0 Å². The summed E-state index contributed by atoms with van der Waals surface area (Å²) in [6, 6.07) is 22.9. The fourth-order valence-corrected chi connectivity index (χ4v) is 7.97. The van der Waals surface area contributed by atoms with Gasteiger partial charge in [0.05, 0.1) is 86.3 Å². The number of aromatic nitrogens is 4. The molecule has 58 heavy (non-hydrogen) atoms. The van der Waals surface area contributed by atoms with E-state index in [1.165, 1.54) is 40.8 Å². The summed E-state index contributed by atoms with van der Waals surface area (Å²) in [5.74, 6) is 0.822. The second-order valence-corrected chi connectivity index (χ2v) is 14.2. The molecule has 0 aliphatic carbocycles. The second-order valence-electron chi connectivity index (χ2n) is 12.0. The summed E-state index contributed by atoms with van der Waals surface area (Å²) in [6.07, 6.45) is 2.90. The van der Waals surface area contributed by atoms with Gasteiger partial charge in [-0.3, -0.25) is 19.2 Å². The van der Waals surface area contributed by atoms with Crippen molar-refractivity contribution < 1.29 is 38.0 Å². The summed E-state index contributed by atoms with van der Waals surface area (Å²) < 4.78 is 35.4. The molecule has 0 fully saturated rings. The van der Waals surface area contributed by atoms with Crippen molar-refractivity contribution in [1.29, 1.82) is 0 Å². The molecule has 16 heteroatoms. The zero-order chi connectivity index (χ0) is 41.3. The highest BCUT2D eigenvalue weighted by Crippen LogP contribution is 2.43. The Morgan fingerprint density at radius 1 is 0.552 bits per heavy atom. The van der Waals surface area contributed by atoms with Crippen LogP contribution >= 0.6 is 21.6 Å². The quantitative estimate of drug-likeness (QED) is 0.0693. The Morgan fingerprint density at radius 3 is 1.31 bits per heavy atom. The van der Waals surface area contributed by atoms with Crippen LogP contribution in [0.5, 0.6) is 34.5 Å². The molecular weight excluding hydrogens is 785 g/mol. The lowest BCUT2D eigenvalue weighted by atomic mass is 10.0. The van der Waals surface area contributed by atoms with E-state index in [4.69, 9.17) is 28.4 Å². The topological polar surface area (TPSA) is 159 Å². The normalized spacial score (nSPS) is 10.8. The molecule has 0 radical (unpaired) electrons. The number of hydrogen-bond acceptors (Lipinski definition) is 14. The molecule has 4 aromatic carbocycles. The molecule has 0 unspecified atom stereocenters. The summed E-state index contributed by atoms with van der Waals surface area (Å²) in [4.78, 5) is 56.6. The van der Waals surface area contributed by atoms with Gasteiger partial charge < -0.3 is 28.4 Å². The fourth-order valence-electron chi connectivity index (χ4n) is 5.91. The minimum absolute atomic E-state index is 0.0139. The summed E-state index contributed by atoms with van der Waals surface area (Å²) in [5, 5.41) is 8.88. The van der Waals surface area contributed by atoms with Gasteiger partial charge in [-0.25, -0.2) is 0 Å². The van der Waals surface area contributed by atoms with Crippen LogP contribution in [0.1, 0.15) is 45.7 Å². The van der Waals surface area contributed by atoms with Crippen LogP contribution < -0.4 is 39.5 Å². The number of methoxy groups -OCH3 is 4. The number of carbonyl (C=O) groups is 2. The van der Waals surface area contributed by atoms with Gasteiger partial charge in [0.2, 0.25) is 11.5 Å². The molecule has 0 bridgehead atoms. The van der Waals surface area contributed by atoms with Gasteiger partial charge in [0.25, 0.3) is 0 Å². The summed E-state index contributed by atoms with van der Waals surface area (Å²) >= 11 is 0. The Bertz CT molecular complexity index is 2430. The number of benzene rings is 4. The maximum atomic E-state index is 14.1. The standard InChI is InChI=1S/C42H38N4O10S2/c1-7-55-39-35(23-43-45(41(39)49)31-15-11-9-13-27(31)37(47)29-19-17-25(51-3)21-33(29)53-5)57-58-36-24-44-46(42(50)40(36)56-8-2)32-16-12-10-14-28(32)38(48)30-20-18-26(52-4)22-34(30)54-6/h9-24H,7-8H2,1-6H3. The number of ketones is 2. The Hall–Kier alpha value is -6.52. The first-order chi connectivity index (χ1) is 28.2. The van der Waals surface area contributed by atoms with Crippen molar-refractivity contribution in [3.05, 3.63) is 140 Å². The fraction of sp³-hybridized carbons (Fsp3) is 0.190. The zero-order valence-corrected chi connectivity index (χ0v) is 34.0. The molecule has 0 atom stereocenters. The average molecular weight is 823 g/mol. The predicted molar refractivity (Wildman–Crippen MR) is 220 cm³/mol. The van der Waals surface area contributed by atoms with E-state index in [0.717, 1.165) is 31.0 Å². The highest BCUT2D eigenvalue weighted by Gasteiger charge is 2.25. The Kier molecular flexibility index (Phi) is 13.2. The van der Waals surface area contributed by atoms with Crippen LogP contribution in [-0.2, 0) is 0 Å². The van der Waals surface area contributed by atoms with Crippen molar-refractivity contribution >= 4 is 33.2 Å². The molecule has 298 valence electrons. The summed E-state index contributed by atoms with van der Waals surface area (Å²) in [5.41, 5.74) is 0.198. The third-order valence-electron chi connectivity index (χ3n) is 8.66. The number of para-hydroxylation sites is 2. The van der Waals surface area contributed by atoms with E-state index < -0.39 is 22.7 Å². The van der Waals surface area contributed by atoms with E-state index in [-0.39, 0.29) is 58.3 Å². The van der Waals surface area contributed by atoms with Crippen LogP contribution in [0, 0.1) is 0 Å². The molecule has 2 aromatic heterocycles. The van der Waals surface area contributed by atoms with Crippen molar-refractivity contribution in [2.24, 2.45) is 0 Å². The molecule has 0 aliphatic rings. The van der Waals surface area contributed by atoms with Crippen LogP contribution in [0.15, 0.2) is 117 Å².